The topological polar surface area (TPSA) is 80.4 Å². The normalized spacial score (nSPS) is 14.4. The molecular weight excluding hydrogens is 419 g/mol. The van der Waals surface area contributed by atoms with Crippen LogP contribution >= 0.6 is 0 Å². The Morgan fingerprint density at radius 1 is 1.18 bits per heavy atom. The fraction of sp³-hybridized carbons (Fsp3) is 0.308. The van der Waals surface area contributed by atoms with Crippen LogP contribution in [0.2, 0.25) is 0 Å². The van der Waals surface area contributed by atoms with Crippen LogP contribution in [-0.2, 0) is 17.9 Å². The van der Waals surface area contributed by atoms with Gasteiger partial charge in [0.15, 0.2) is 0 Å². The van der Waals surface area contributed by atoms with Crippen LogP contribution < -0.4 is 11.1 Å². The standard InChI is InChI=1S/C26H29FN4O2/c1-2-11-31-17-22(20-5-3-4-6-24(20)31)26(33)30-12-9-19(10-13-30)21-14-18(7-8-23(21)27)16-29-25(32)15-28/h2-8,14,17,19H,1,9-13,15-16,28H2,(H,29,32). The number of aromatic nitrogens is 1. The summed E-state index contributed by atoms with van der Waals surface area (Å²) in [6.07, 6.45) is 5.09. The molecule has 0 bridgehead atoms. The Labute approximate surface area is 192 Å². The highest BCUT2D eigenvalue weighted by Gasteiger charge is 2.28. The lowest BCUT2D eigenvalue weighted by Gasteiger charge is -2.32. The van der Waals surface area contributed by atoms with E-state index in [1.807, 2.05) is 52.1 Å². The first-order chi connectivity index (χ1) is 16.0. The largest absolute Gasteiger partial charge is 0.351 e. The second kappa shape index (κ2) is 10.0. The summed E-state index contributed by atoms with van der Waals surface area (Å²) in [4.78, 5) is 26.6. The molecular formula is C26H29FN4O2. The number of nitrogens with zero attached hydrogens (tertiary/aromatic N) is 2. The monoisotopic (exact) mass is 448 g/mol. The number of nitrogens with two attached hydrogens (primary N) is 1. The average molecular weight is 449 g/mol. The van der Waals surface area contributed by atoms with Crippen LogP contribution in [-0.4, -0.2) is 40.9 Å². The van der Waals surface area contributed by atoms with E-state index in [1.165, 1.54) is 6.07 Å². The first-order valence-electron chi connectivity index (χ1n) is 11.2. The highest BCUT2D eigenvalue weighted by atomic mass is 19.1. The lowest BCUT2D eigenvalue weighted by atomic mass is 9.88. The number of carbonyl (C=O) groups is 2. The summed E-state index contributed by atoms with van der Waals surface area (Å²) < 4.78 is 16.6. The van der Waals surface area contributed by atoms with Gasteiger partial charge in [-0.2, -0.15) is 0 Å². The van der Waals surface area contributed by atoms with Crippen molar-refractivity contribution in [1.29, 1.82) is 0 Å². The predicted octanol–water partition coefficient (Wildman–Crippen LogP) is 3.56. The molecule has 1 aliphatic heterocycles. The summed E-state index contributed by atoms with van der Waals surface area (Å²) in [6, 6.07) is 12.8. The van der Waals surface area contributed by atoms with Gasteiger partial charge in [0.05, 0.1) is 12.1 Å². The van der Waals surface area contributed by atoms with E-state index >= 15 is 0 Å². The number of halogens is 1. The Balaban J connectivity index is 1.46. The summed E-state index contributed by atoms with van der Waals surface area (Å²) in [7, 11) is 0. The molecule has 172 valence electrons. The zero-order valence-corrected chi connectivity index (χ0v) is 18.6. The Kier molecular flexibility index (Phi) is 6.89. The molecule has 33 heavy (non-hydrogen) atoms. The molecule has 0 aliphatic carbocycles. The average Bonchev–Trinajstić information content (AvgIpc) is 3.21. The maximum Gasteiger partial charge on any atom is 0.256 e. The van der Waals surface area contributed by atoms with Crippen molar-refractivity contribution < 1.29 is 14.0 Å². The van der Waals surface area contributed by atoms with Crippen molar-refractivity contribution in [2.24, 2.45) is 5.73 Å². The highest BCUT2D eigenvalue weighted by molar-refractivity contribution is 6.07. The van der Waals surface area contributed by atoms with E-state index in [-0.39, 0.29) is 30.1 Å². The van der Waals surface area contributed by atoms with Gasteiger partial charge in [-0.15, -0.1) is 6.58 Å². The first kappa shape index (κ1) is 22.7. The minimum absolute atomic E-state index is 0.00572. The molecule has 0 spiro atoms. The van der Waals surface area contributed by atoms with E-state index in [4.69, 9.17) is 5.73 Å². The molecule has 6 nitrogen and oxygen atoms in total. The van der Waals surface area contributed by atoms with Crippen LogP contribution in [0.15, 0.2) is 61.3 Å². The molecule has 3 aromatic rings. The minimum Gasteiger partial charge on any atom is -0.351 e. The van der Waals surface area contributed by atoms with Crippen molar-refractivity contribution >= 4 is 22.7 Å². The second-order valence-corrected chi connectivity index (χ2v) is 8.40. The SMILES string of the molecule is C=CCn1cc(C(=O)N2CCC(c3cc(CNC(=O)CN)ccc3F)CC2)c2ccccc21. The lowest BCUT2D eigenvalue weighted by molar-refractivity contribution is -0.119. The third-order valence-corrected chi connectivity index (χ3v) is 6.30. The van der Waals surface area contributed by atoms with Crippen molar-refractivity contribution in [3.05, 3.63) is 83.8 Å². The number of nitrogens with one attached hydrogen (secondary N) is 1. The van der Waals surface area contributed by atoms with Crippen molar-refractivity contribution in [2.75, 3.05) is 19.6 Å². The van der Waals surface area contributed by atoms with Crippen LogP contribution in [0.3, 0.4) is 0 Å². The molecule has 1 fully saturated rings. The zero-order chi connectivity index (χ0) is 23.4. The van der Waals surface area contributed by atoms with Gasteiger partial charge in [0.1, 0.15) is 5.82 Å². The quantitative estimate of drug-likeness (QED) is 0.543. The maximum atomic E-state index is 14.6. The van der Waals surface area contributed by atoms with Gasteiger partial charge in [0.2, 0.25) is 5.91 Å². The van der Waals surface area contributed by atoms with Gasteiger partial charge >= 0.3 is 0 Å². The molecule has 2 amide bonds. The number of hydrogen-bond acceptors (Lipinski definition) is 3. The Hall–Kier alpha value is -3.45. The molecule has 2 heterocycles. The molecule has 0 saturated carbocycles. The van der Waals surface area contributed by atoms with Crippen LogP contribution in [0.1, 0.15) is 40.2 Å². The number of amides is 2. The van der Waals surface area contributed by atoms with Gasteiger partial charge in [-0.25, -0.2) is 4.39 Å². The van der Waals surface area contributed by atoms with Crippen molar-refractivity contribution in [2.45, 2.75) is 31.8 Å². The number of carbonyl (C=O) groups excluding carboxylic acids is 2. The molecule has 1 aliphatic rings. The van der Waals surface area contributed by atoms with Gasteiger partial charge in [-0.05, 0) is 42.0 Å². The fourth-order valence-electron chi connectivity index (χ4n) is 4.56. The first-order valence-corrected chi connectivity index (χ1v) is 11.2. The number of benzene rings is 2. The molecule has 1 saturated heterocycles. The van der Waals surface area contributed by atoms with Crippen LogP contribution in [0.25, 0.3) is 10.9 Å². The van der Waals surface area contributed by atoms with Crippen LogP contribution in [0, 0.1) is 5.82 Å². The van der Waals surface area contributed by atoms with E-state index in [9.17, 15) is 14.0 Å². The van der Waals surface area contributed by atoms with Crippen LogP contribution in [0.4, 0.5) is 4.39 Å². The summed E-state index contributed by atoms with van der Waals surface area (Å²) in [6.45, 7) is 5.82. The van der Waals surface area contributed by atoms with Gasteiger partial charge in [0, 0.05) is 43.3 Å². The van der Waals surface area contributed by atoms with Gasteiger partial charge < -0.3 is 20.5 Å². The summed E-state index contributed by atoms with van der Waals surface area (Å²) in [5, 5.41) is 3.65. The van der Waals surface area contributed by atoms with E-state index in [1.54, 1.807) is 6.07 Å². The second-order valence-electron chi connectivity index (χ2n) is 8.40. The maximum absolute atomic E-state index is 14.6. The molecule has 1 aromatic heterocycles. The third kappa shape index (κ3) is 4.83. The lowest BCUT2D eigenvalue weighted by Crippen LogP contribution is -2.38. The summed E-state index contributed by atoms with van der Waals surface area (Å²) in [5.74, 6) is -0.462. The molecule has 7 heteroatoms. The molecule has 4 rings (SSSR count). The van der Waals surface area contributed by atoms with E-state index in [2.05, 4.69) is 11.9 Å². The highest BCUT2D eigenvalue weighted by Crippen LogP contribution is 2.32. The van der Waals surface area contributed by atoms with Gasteiger partial charge in [-0.1, -0.05) is 36.4 Å². The van der Waals surface area contributed by atoms with Crippen molar-refractivity contribution in [3.8, 4) is 0 Å². The molecule has 2 aromatic carbocycles. The van der Waals surface area contributed by atoms with Gasteiger partial charge in [-0.3, -0.25) is 9.59 Å². The number of hydrogen-bond donors (Lipinski definition) is 2. The van der Waals surface area contributed by atoms with Crippen molar-refractivity contribution in [1.82, 2.24) is 14.8 Å². The van der Waals surface area contributed by atoms with E-state index in [0.29, 0.717) is 50.1 Å². The third-order valence-electron chi connectivity index (χ3n) is 6.30. The number of allylic oxidation sites excluding steroid dienone is 1. The number of piperidine rings is 1. The number of rotatable bonds is 7. The van der Waals surface area contributed by atoms with Crippen LogP contribution in [0.5, 0.6) is 0 Å². The molecule has 0 atom stereocenters. The Morgan fingerprint density at radius 2 is 1.94 bits per heavy atom. The Morgan fingerprint density at radius 3 is 2.67 bits per heavy atom. The van der Waals surface area contributed by atoms with E-state index in [0.717, 1.165) is 16.5 Å². The Bertz CT molecular complexity index is 1180. The number of para-hydroxylation sites is 1. The van der Waals surface area contributed by atoms with Gasteiger partial charge in [0.25, 0.3) is 5.91 Å². The van der Waals surface area contributed by atoms with Crippen molar-refractivity contribution in [3.63, 3.8) is 0 Å². The molecule has 3 N–H and O–H groups in total. The number of likely N-dealkylation sites (tertiary alicyclic amines) is 1. The summed E-state index contributed by atoms with van der Waals surface area (Å²) >= 11 is 0. The summed E-state index contributed by atoms with van der Waals surface area (Å²) in [5.41, 5.74) is 8.50. The number of fused-ring (bicyclic) bond motifs is 1. The zero-order valence-electron chi connectivity index (χ0n) is 18.6. The molecule has 0 radical (unpaired) electrons. The minimum atomic E-state index is -0.249. The molecule has 0 unspecified atom stereocenters. The predicted molar refractivity (Wildman–Crippen MR) is 127 cm³/mol. The fourth-order valence-corrected chi connectivity index (χ4v) is 4.56. The van der Waals surface area contributed by atoms with E-state index < -0.39 is 0 Å². The smallest absolute Gasteiger partial charge is 0.256 e.